The van der Waals surface area contributed by atoms with Gasteiger partial charge in [0.05, 0.1) is 0 Å². The van der Waals surface area contributed by atoms with E-state index in [4.69, 9.17) is 4.52 Å². The normalized spacial score (nSPS) is 18.2. The van der Waals surface area contributed by atoms with Crippen molar-refractivity contribution in [2.45, 2.75) is 33.2 Å². The Bertz CT molecular complexity index is 782. The van der Waals surface area contributed by atoms with Crippen molar-refractivity contribution in [1.29, 1.82) is 0 Å². The maximum Gasteiger partial charge on any atom is 0.260 e. The van der Waals surface area contributed by atoms with Gasteiger partial charge in [0.15, 0.2) is 0 Å². The van der Waals surface area contributed by atoms with E-state index < -0.39 is 0 Å². The first kappa shape index (κ1) is 16.2. The van der Waals surface area contributed by atoms with Crippen LogP contribution in [0.2, 0.25) is 0 Å². The molecule has 126 valence electrons. The molecule has 1 saturated heterocycles. The summed E-state index contributed by atoms with van der Waals surface area (Å²) < 4.78 is 5.32. The highest BCUT2D eigenvalue weighted by Gasteiger charge is 2.31. The molecule has 0 radical (unpaired) electrons. The fraction of sp³-hybridized carbons (Fsp3) is 0.389. The second kappa shape index (κ2) is 6.47. The quantitative estimate of drug-likeness (QED) is 0.918. The molecule has 1 aliphatic rings. The van der Waals surface area contributed by atoms with Gasteiger partial charge in [-0.2, -0.15) is 0 Å². The van der Waals surface area contributed by atoms with Gasteiger partial charge in [0.1, 0.15) is 17.0 Å². The molecule has 2 aromatic rings. The summed E-state index contributed by atoms with van der Waals surface area (Å²) in [6.07, 6.45) is 0.301. The minimum Gasteiger partial charge on any atom is -0.360 e. The Morgan fingerprint density at radius 2 is 2.08 bits per heavy atom. The van der Waals surface area contributed by atoms with Crippen LogP contribution in [-0.2, 0) is 4.79 Å². The number of rotatable bonds is 2. The Labute approximate surface area is 140 Å². The van der Waals surface area contributed by atoms with E-state index in [1.54, 1.807) is 11.8 Å². The maximum absolute atomic E-state index is 13.1. The van der Waals surface area contributed by atoms with E-state index in [2.05, 4.69) is 10.5 Å². The van der Waals surface area contributed by atoms with E-state index in [1.807, 2.05) is 38.1 Å². The third-order valence-corrected chi connectivity index (χ3v) is 4.43. The summed E-state index contributed by atoms with van der Waals surface area (Å²) in [5.41, 5.74) is 2.95. The number of hydrogen-bond acceptors (Lipinski definition) is 4. The van der Waals surface area contributed by atoms with Gasteiger partial charge in [0.25, 0.3) is 5.91 Å². The Balaban J connectivity index is 2.00. The zero-order valence-electron chi connectivity index (χ0n) is 14.1. The van der Waals surface area contributed by atoms with Gasteiger partial charge < -0.3 is 14.7 Å². The lowest BCUT2D eigenvalue weighted by Gasteiger charge is -2.26. The second-order valence-electron chi connectivity index (χ2n) is 6.18. The molecule has 6 nitrogen and oxygen atoms in total. The average molecular weight is 327 g/mol. The van der Waals surface area contributed by atoms with Crippen LogP contribution < -0.4 is 5.32 Å². The Morgan fingerprint density at radius 1 is 1.33 bits per heavy atom. The number of hydrogen-bond donors (Lipinski definition) is 1. The molecule has 3 rings (SSSR count). The van der Waals surface area contributed by atoms with E-state index in [0.29, 0.717) is 36.5 Å². The summed E-state index contributed by atoms with van der Waals surface area (Å²) in [5.74, 6) is 0.323. The van der Waals surface area contributed by atoms with Gasteiger partial charge in [0, 0.05) is 31.1 Å². The van der Waals surface area contributed by atoms with Gasteiger partial charge in [-0.1, -0.05) is 29.4 Å². The van der Waals surface area contributed by atoms with Crippen LogP contribution in [0.4, 0.5) is 0 Å². The summed E-state index contributed by atoms with van der Waals surface area (Å²) in [6.45, 7) is 6.54. The molecule has 0 spiro atoms. The molecule has 1 fully saturated rings. The van der Waals surface area contributed by atoms with E-state index in [-0.39, 0.29) is 17.9 Å². The minimum atomic E-state index is -0.168. The predicted molar refractivity (Wildman–Crippen MR) is 89.5 cm³/mol. The molecule has 0 aliphatic carbocycles. The molecule has 1 N–H and O–H groups in total. The molecule has 1 aromatic heterocycles. The zero-order chi connectivity index (χ0) is 17.3. The average Bonchev–Trinajstić information content (AvgIpc) is 2.83. The van der Waals surface area contributed by atoms with Crippen molar-refractivity contribution >= 4 is 11.8 Å². The highest BCUT2D eigenvalue weighted by molar-refractivity contribution is 6.01. The van der Waals surface area contributed by atoms with Crippen LogP contribution >= 0.6 is 0 Å². The third-order valence-electron chi connectivity index (χ3n) is 4.43. The van der Waals surface area contributed by atoms with E-state index in [0.717, 1.165) is 11.1 Å². The number of nitrogens with one attached hydrogen (secondary N) is 1. The van der Waals surface area contributed by atoms with Gasteiger partial charge in [-0.25, -0.2) is 0 Å². The van der Waals surface area contributed by atoms with Crippen molar-refractivity contribution in [2.75, 3.05) is 13.1 Å². The molecule has 24 heavy (non-hydrogen) atoms. The largest absolute Gasteiger partial charge is 0.360 e. The minimum absolute atomic E-state index is 0.0287. The fourth-order valence-corrected chi connectivity index (χ4v) is 3.08. The van der Waals surface area contributed by atoms with Crippen molar-refractivity contribution in [2.24, 2.45) is 0 Å². The SMILES string of the molecule is Cc1ccccc1-c1noc(C)c1C(=O)N1CCNC(=O)CC1C. The van der Waals surface area contributed by atoms with Gasteiger partial charge >= 0.3 is 0 Å². The zero-order valence-corrected chi connectivity index (χ0v) is 14.1. The van der Waals surface area contributed by atoms with Gasteiger partial charge in [-0.15, -0.1) is 0 Å². The number of benzene rings is 1. The van der Waals surface area contributed by atoms with Gasteiger partial charge in [0.2, 0.25) is 5.91 Å². The predicted octanol–water partition coefficient (Wildman–Crippen LogP) is 2.31. The molecular weight excluding hydrogens is 306 g/mol. The summed E-state index contributed by atoms with van der Waals surface area (Å²) in [6, 6.07) is 7.60. The van der Waals surface area contributed by atoms with Crippen LogP contribution in [0.25, 0.3) is 11.3 Å². The van der Waals surface area contributed by atoms with Gasteiger partial charge in [-0.3, -0.25) is 9.59 Å². The smallest absolute Gasteiger partial charge is 0.260 e. The number of amides is 2. The van der Waals surface area contributed by atoms with Crippen LogP contribution in [0.1, 0.15) is 35.0 Å². The topological polar surface area (TPSA) is 75.4 Å². The molecule has 1 atom stereocenters. The summed E-state index contributed by atoms with van der Waals surface area (Å²) in [7, 11) is 0. The number of carbonyl (C=O) groups excluding carboxylic acids is 2. The lowest BCUT2D eigenvalue weighted by molar-refractivity contribution is -0.121. The van der Waals surface area contributed by atoms with Crippen LogP contribution in [-0.4, -0.2) is 41.0 Å². The molecule has 1 aromatic carbocycles. The van der Waals surface area contributed by atoms with Crippen LogP contribution in [0.15, 0.2) is 28.8 Å². The standard InChI is InChI=1S/C18H21N3O3/c1-11-6-4-5-7-14(11)17-16(13(3)24-20-17)18(23)21-9-8-19-15(22)10-12(21)2/h4-7,12H,8-10H2,1-3H3,(H,19,22). The molecule has 1 unspecified atom stereocenters. The first-order chi connectivity index (χ1) is 11.5. The first-order valence-electron chi connectivity index (χ1n) is 8.09. The summed E-state index contributed by atoms with van der Waals surface area (Å²) >= 11 is 0. The van der Waals surface area contributed by atoms with Crippen LogP contribution in [0.5, 0.6) is 0 Å². The third kappa shape index (κ3) is 2.91. The molecule has 0 saturated carbocycles. The Kier molecular flexibility index (Phi) is 4.38. The Morgan fingerprint density at radius 3 is 2.83 bits per heavy atom. The van der Waals surface area contributed by atoms with Crippen molar-refractivity contribution in [3.05, 3.63) is 41.2 Å². The van der Waals surface area contributed by atoms with Crippen molar-refractivity contribution in [3.63, 3.8) is 0 Å². The highest BCUT2D eigenvalue weighted by Crippen LogP contribution is 2.29. The highest BCUT2D eigenvalue weighted by atomic mass is 16.5. The number of nitrogens with zero attached hydrogens (tertiary/aromatic N) is 2. The summed E-state index contributed by atoms with van der Waals surface area (Å²) in [4.78, 5) is 26.5. The first-order valence-corrected chi connectivity index (χ1v) is 8.09. The summed E-state index contributed by atoms with van der Waals surface area (Å²) in [5, 5.41) is 6.92. The van der Waals surface area contributed by atoms with E-state index in [1.165, 1.54) is 0 Å². The molecule has 2 amide bonds. The molecule has 2 heterocycles. The number of aryl methyl sites for hydroxylation is 2. The van der Waals surface area contributed by atoms with E-state index in [9.17, 15) is 9.59 Å². The number of aromatic nitrogens is 1. The maximum atomic E-state index is 13.1. The Hall–Kier alpha value is -2.63. The lowest BCUT2D eigenvalue weighted by atomic mass is 10.0. The number of carbonyl (C=O) groups is 2. The molecule has 6 heteroatoms. The van der Waals surface area contributed by atoms with E-state index >= 15 is 0 Å². The van der Waals surface area contributed by atoms with Crippen molar-refractivity contribution in [3.8, 4) is 11.3 Å². The van der Waals surface area contributed by atoms with Crippen LogP contribution in [0, 0.1) is 13.8 Å². The van der Waals surface area contributed by atoms with Crippen molar-refractivity contribution < 1.29 is 14.1 Å². The molecular formula is C18H21N3O3. The molecule has 1 aliphatic heterocycles. The fourth-order valence-electron chi connectivity index (χ4n) is 3.08. The monoisotopic (exact) mass is 327 g/mol. The molecule has 0 bridgehead atoms. The lowest BCUT2D eigenvalue weighted by Crippen LogP contribution is -2.40. The van der Waals surface area contributed by atoms with Crippen molar-refractivity contribution in [1.82, 2.24) is 15.4 Å². The van der Waals surface area contributed by atoms with Crippen LogP contribution in [0.3, 0.4) is 0 Å². The van der Waals surface area contributed by atoms with Gasteiger partial charge in [-0.05, 0) is 26.3 Å². The second-order valence-corrected chi connectivity index (χ2v) is 6.18.